The third kappa shape index (κ3) is 5.26. The molecule has 6 nitrogen and oxygen atoms in total. The van der Waals surface area contributed by atoms with E-state index in [-0.39, 0.29) is 39.2 Å². The van der Waals surface area contributed by atoms with Gasteiger partial charge in [0.15, 0.2) is 0 Å². The van der Waals surface area contributed by atoms with Crippen LogP contribution in [-0.2, 0) is 9.53 Å². The highest BCUT2D eigenvalue weighted by atomic mass is 35.5. The van der Waals surface area contributed by atoms with Gasteiger partial charge in [-0.2, -0.15) is 0 Å². The van der Waals surface area contributed by atoms with E-state index >= 15 is 0 Å². The second-order valence-electron chi connectivity index (χ2n) is 4.48. The number of nitrogens with zero attached hydrogens (tertiary/aromatic N) is 1. The molecule has 1 rings (SSSR count). The monoisotopic (exact) mass is 359 g/mol. The maximum absolute atomic E-state index is 11.8. The maximum atomic E-state index is 11.8. The Labute approximate surface area is 143 Å². The number of ether oxygens (including phenoxy) is 1. The average Bonchev–Trinajstić information content (AvgIpc) is 2.47. The van der Waals surface area contributed by atoms with Crippen molar-refractivity contribution in [1.29, 1.82) is 0 Å². The van der Waals surface area contributed by atoms with Crippen molar-refractivity contribution in [2.45, 2.75) is 20.3 Å². The van der Waals surface area contributed by atoms with Crippen molar-refractivity contribution < 1.29 is 24.5 Å². The second kappa shape index (κ2) is 8.55. The molecule has 23 heavy (non-hydrogen) atoms. The van der Waals surface area contributed by atoms with E-state index in [1.807, 2.05) is 6.92 Å². The molecule has 0 aliphatic heterocycles. The zero-order valence-electron chi connectivity index (χ0n) is 12.5. The highest BCUT2D eigenvalue weighted by molar-refractivity contribution is 6.38. The standard InChI is InChI=1S/C15H15Cl2NO5/c1-3-4-23-15(22)11(8(2)19)7-18-12-6-9(16)5-10(13(12)17)14(20)21/h5-7,19H,3-4H2,1-2H3,(H,20,21). The lowest BCUT2D eigenvalue weighted by atomic mass is 10.2. The number of hydrogen-bond donors (Lipinski definition) is 2. The van der Waals surface area contributed by atoms with E-state index in [1.165, 1.54) is 19.1 Å². The van der Waals surface area contributed by atoms with Crippen LogP contribution < -0.4 is 0 Å². The van der Waals surface area contributed by atoms with Crippen LogP contribution >= 0.6 is 23.2 Å². The van der Waals surface area contributed by atoms with Crippen molar-refractivity contribution in [1.82, 2.24) is 0 Å². The zero-order valence-corrected chi connectivity index (χ0v) is 14.0. The van der Waals surface area contributed by atoms with Crippen molar-refractivity contribution in [3.63, 3.8) is 0 Å². The summed E-state index contributed by atoms with van der Waals surface area (Å²) in [6.07, 6.45) is 1.68. The Hall–Kier alpha value is -2.05. The number of aromatic carboxylic acids is 1. The van der Waals surface area contributed by atoms with Gasteiger partial charge in [-0.3, -0.25) is 4.99 Å². The van der Waals surface area contributed by atoms with Crippen LogP contribution in [0, 0.1) is 0 Å². The Morgan fingerprint density at radius 2 is 1.96 bits per heavy atom. The molecule has 0 unspecified atom stereocenters. The van der Waals surface area contributed by atoms with Gasteiger partial charge in [-0.15, -0.1) is 0 Å². The van der Waals surface area contributed by atoms with Crippen LogP contribution in [0.3, 0.4) is 0 Å². The van der Waals surface area contributed by atoms with Gasteiger partial charge in [0.1, 0.15) is 11.3 Å². The molecule has 0 aliphatic rings. The first-order chi connectivity index (χ1) is 10.8. The summed E-state index contributed by atoms with van der Waals surface area (Å²) in [5.74, 6) is -2.29. The summed E-state index contributed by atoms with van der Waals surface area (Å²) in [6, 6.07) is 2.53. The number of esters is 1. The lowest BCUT2D eigenvalue weighted by Crippen LogP contribution is -2.11. The minimum Gasteiger partial charge on any atom is -0.512 e. The van der Waals surface area contributed by atoms with Gasteiger partial charge in [0.25, 0.3) is 0 Å². The van der Waals surface area contributed by atoms with Gasteiger partial charge in [0, 0.05) is 11.2 Å². The molecule has 0 amide bonds. The Morgan fingerprint density at radius 1 is 1.30 bits per heavy atom. The fraction of sp³-hybridized carbons (Fsp3) is 0.267. The normalized spacial score (nSPS) is 12.2. The number of hydrogen-bond acceptors (Lipinski definition) is 5. The zero-order chi connectivity index (χ0) is 17.6. The van der Waals surface area contributed by atoms with Gasteiger partial charge in [-0.1, -0.05) is 30.1 Å². The van der Waals surface area contributed by atoms with E-state index in [4.69, 9.17) is 33.0 Å². The minimum atomic E-state index is -1.26. The number of carbonyl (C=O) groups excluding carboxylic acids is 1. The van der Waals surface area contributed by atoms with E-state index in [0.717, 1.165) is 6.21 Å². The maximum Gasteiger partial charge on any atom is 0.343 e. The van der Waals surface area contributed by atoms with Crippen molar-refractivity contribution in [3.05, 3.63) is 39.1 Å². The summed E-state index contributed by atoms with van der Waals surface area (Å²) in [4.78, 5) is 26.8. The van der Waals surface area contributed by atoms with Crippen LogP contribution in [0.25, 0.3) is 0 Å². The number of aliphatic hydroxyl groups is 1. The van der Waals surface area contributed by atoms with Crippen LogP contribution in [0.4, 0.5) is 5.69 Å². The summed E-state index contributed by atoms with van der Waals surface area (Å²) >= 11 is 11.8. The summed E-state index contributed by atoms with van der Waals surface area (Å²) < 4.78 is 4.92. The summed E-state index contributed by atoms with van der Waals surface area (Å²) in [5, 5.41) is 18.6. The quantitative estimate of drug-likeness (QED) is 0.343. The summed E-state index contributed by atoms with van der Waals surface area (Å²) in [7, 11) is 0. The van der Waals surface area contributed by atoms with Gasteiger partial charge in [-0.05, 0) is 25.5 Å². The molecule has 0 atom stereocenters. The molecule has 0 aromatic heterocycles. The van der Waals surface area contributed by atoms with Crippen molar-refractivity contribution in [2.75, 3.05) is 6.61 Å². The van der Waals surface area contributed by atoms with Gasteiger partial charge in [0.2, 0.25) is 0 Å². The Kier molecular flexibility index (Phi) is 7.06. The number of aliphatic hydroxyl groups excluding tert-OH is 1. The third-order valence-electron chi connectivity index (χ3n) is 2.63. The number of rotatable bonds is 6. The number of aliphatic imine (C=N–C) groups is 1. The van der Waals surface area contributed by atoms with Gasteiger partial charge < -0.3 is 14.9 Å². The van der Waals surface area contributed by atoms with E-state index in [9.17, 15) is 14.7 Å². The molecule has 0 aliphatic carbocycles. The first kappa shape index (κ1) is 19.0. The summed E-state index contributed by atoms with van der Waals surface area (Å²) in [6.45, 7) is 3.33. The number of carbonyl (C=O) groups is 2. The fourth-order valence-electron chi connectivity index (χ4n) is 1.52. The highest BCUT2D eigenvalue weighted by Gasteiger charge is 2.16. The molecule has 0 heterocycles. The molecule has 0 fully saturated rings. The fourth-order valence-corrected chi connectivity index (χ4v) is 1.98. The SMILES string of the molecule is CCCOC(=O)C(C=Nc1cc(Cl)cc(C(=O)O)c1Cl)=C(C)O. The number of benzene rings is 1. The van der Waals surface area contributed by atoms with Gasteiger partial charge >= 0.3 is 11.9 Å². The molecule has 1 aromatic rings. The molecule has 1 aromatic carbocycles. The highest BCUT2D eigenvalue weighted by Crippen LogP contribution is 2.32. The van der Waals surface area contributed by atoms with Crippen LogP contribution in [0.5, 0.6) is 0 Å². The van der Waals surface area contributed by atoms with Crippen LogP contribution in [0.1, 0.15) is 30.6 Å². The van der Waals surface area contributed by atoms with Crippen molar-refractivity contribution >= 4 is 47.0 Å². The minimum absolute atomic E-state index is 0.0543. The summed E-state index contributed by atoms with van der Waals surface area (Å²) in [5.41, 5.74) is -0.323. The molecule has 0 saturated carbocycles. The van der Waals surface area contributed by atoms with E-state index in [2.05, 4.69) is 4.99 Å². The third-order valence-corrected chi connectivity index (χ3v) is 3.24. The molecule has 0 spiro atoms. The first-order valence-corrected chi connectivity index (χ1v) is 7.36. The number of carboxylic acid groups (broad SMARTS) is 1. The predicted molar refractivity (Wildman–Crippen MR) is 88.2 cm³/mol. The van der Waals surface area contributed by atoms with Crippen molar-refractivity contribution in [2.24, 2.45) is 4.99 Å². The average molecular weight is 360 g/mol. The predicted octanol–water partition coefficient (Wildman–Crippen LogP) is 4.18. The largest absolute Gasteiger partial charge is 0.512 e. The lowest BCUT2D eigenvalue weighted by molar-refractivity contribution is -0.138. The Morgan fingerprint density at radius 3 is 2.48 bits per heavy atom. The molecule has 8 heteroatoms. The van der Waals surface area contributed by atoms with E-state index in [1.54, 1.807) is 0 Å². The molecule has 124 valence electrons. The van der Waals surface area contributed by atoms with Gasteiger partial charge in [0.05, 0.1) is 22.9 Å². The molecule has 0 bridgehead atoms. The topological polar surface area (TPSA) is 96.2 Å². The molecule has 0 saturated heterocycles. The number of allylic oxidation sites excluding steroid dienone is 1. The lowest BCUT2D eigenvalue weighted by Gasteiger charge is -2.06. The van der Waals surface area contributed by atoms with Crippen LogP contribution in [0.2, 0.25) is 10.0 Å². The first-order valence-electron chi connectivity index (χ1n) is 6.61. The van der Waals surface area contributed by atoms with E-state index in [0.29, 0.717) is 6.42 Å². The molecular weight excluding hydrogens is 345 g/mol. The van der Waals surface area contributed by atoms with E-state index < -0.39 is 11.9 Å². The molecular formula is C15H15Cl2NO5. The Bertz CT molecular complexity index is 679. The van der Waals surface area contributed by atoms with Crippen molar-refractivity contribution in [3.8, 4) is 0 Å². The number of carboxylic acids is 1. The smallest absolute Gasteiger partial charge is 0.343 e. The van der Waals surface area contributed by atoms with Crippen LogP contribution in [0.15, 0.2) is 28.5 Å². The van der Waals surface area contributed by atoms with Crippen LogP contribution in [-0.4, -0.2) is 35.0 Å². The number of halogens is 2. The Balaban J connectivity index is 3.19. The molecule has 0 radical (unpaired) electrons. The second-order valence-corrected chi connectivity index (χ2v) is 5.30. The molecule has 2 N–H and O–H groups in total. The van der Waals surface area contributed by atoms with Gasteiger partial charge in [-0.25, -0.2) is 9.59 Å².